The van der Waals surface area contributed by atoms with E-state index in [1.165, 1.54) is 20.2 Å². The molecular weight excluding hydrogens is 526 g/mol. The van der Waals surface area contributed by atoms with Gasteiger partial charge in [0.1, 0.15) is 5.57 Å². The Hall–Kier alpha value is -4.80. The normalized spacial score (nSPS) is 23.0. The van der Waals surface area contributed by atoms with Crippen LogP contribution in [0.4, 0.5) is 21.0 Å². The number of benzene rings is 2. The maximum Gasteiger partial charge on any atom is 0.335 e. The molecule has 11 nitrogen and oxygen atoms in total. The van der Waals surface area contributed by atoms with E-state index < -0.39 is 41.1 Å². The van der Waals surface area contributed by atoms with E-state index in [1.54, 1.807) is 30.3 Å². The highest BCUT2D eigenvalue weighted by Crippen LogP contribution is 2.49. The van der Waals surface area contributed by atoms with Crippen molar-refractivity contribution in [3.8, 4) is 0 Å². The zero-order chi connectivity index (χ0) is 29.4. The van der Waals surface area contributed by atoms with E-state index in [2.05, 4.69) is 10.2 Å². The molecule has 210 valence electrons. The quantitative estimate of drug-likeness (QED) is 0.343. The van der Waals surface area contributed by atoms with Crippen LogP contribution < -0.4 is 15.1 Å². The van der Waals surface area contributed by atoms with Crippen molar-refractivity contribution in [3.63, 3.8) is 0 Å². The highest BCUT2D eigenvalue weighted by atomic mass is 16.2. The number of hydrogen-bond donors (Lipinski definition) is 1. The minimum Gasteiger partial charge on any atom is -0.367 e. The fourth-order valence-corrected chi connectivity index (χ4v) is 6.55. The largest absolute Gasteiger partial charge is 0.367 e. The van der Waals surface area contributed by atoms with Crippen LogP contribution in [0.15, 0.2) is 42.0 Å². The van der Waals surface area contributed by atoms with Gasteiger partial charge in [-0.25, -0.2) is 14.5 Å². The minimum atomic E-state index is -1.46. The molecule has 11 heteroatoms. The van der Waals surface area contributed by atoms with Gasteiger partial charge in [0.2, 0.25) is 11.8 Å². The van der Waals surface area contributed by atoms with Crippen LogP contribution >= 0.6 is 0 Å². The SMILES string of the molecule is Cc1ccc(N2C(=O)NC(=O)/C(=C\c3ccc4c(c3)CC3(C(=O)N(C)C(=O)N(C)C3=O)[C@@H]3CCCN43)C2=O)cc1C. The fraction of sp³-hybridized carbons (Fsp3) is 0.333. The molecule has 1 atom stereocenters. The first-order valence-electron chi connectivity index (χ1n) is 13.4. The summed E-state index contributed by atoms with van der Waals surface area (Å²) in [5, 5.41) is 2.25. The number of hydrogen-bond acceptors (Lipinski definition) is 7. The van der Waals surface area contributed by atoms with Crippen LogP contribution in [-0.4, -0.2) is 72.2 Å². The van der Waals surface area contributed by atoms with Gasteiger partial charge in [-0.15, -0.1) is 0 Å². The van der Waals surface area contributed by atoms with Crippen LogP contribution in [0.25, 0.3) is 6.08 Å². The maximum absolute atomic E-state index is 13.6. The number of nitrogens with zero attached hydrogens (tertiary/aromatic N) is 4. The number of aryl methyl sites for hydroxylation is 2. The van der Waals surface area contributed by atoms with Crippen molar-refractivity contribution in [1.82, 2.24) is 15.1 Å². The molecule has 1 spiro atoms. The van der Waals surface area contributed by atoms with E-state index in [0.717, 1.165) is 37.9 Å². The van der Waals surface area contributed by atoms with Gasteiger partial charge in [0.05, 0.1) is 11.7 Å². The maximum atomic E-state index is 13.6. The van der Waals surface area contributed by atoms with Crippen LogP contribution in [-0.2, 0) is 25.6 Å². The summed E-state index contributed by atoms with van der Waals surface area (Å²) in [4.78, 5) is 83.7. The van der Waals surface area contributed by atoms with Crippen molar-refractivity contribution >= 4 is 53.1 Å². The number of nitrogens with one attached hydrogen (secondary N) is 1. The highest BCUT2D eigenvalue weighted by Gasteiger charge is 2.63. The van der Waals surface area contributed by atoms with Crippen molar-refractivity contribution in [3.05, 3.63) is 64.2 Å². The first kappa shape index (κ1) is 26.4. The molecule has 1 N–H and O–H groups in total. The smallest absolute Gasteiger partial charge is 0.335 e. The third-order valence-corrected chi connectivity index (χ3v) is 8.81. The van der Waals surface area contributed by atoms with Crippen LogP contribution in [0.5, 0.6) is 0 Å². The Balaban J connectivity index is 1.40. The van der Waals surface area contributed by atoms with Gasteiger partial charge in [0.25, 0.3) is 11.8 Å². The van der Waals surface area contributed by atoms with Crippen molar-refractivity contribution in [1.29, 1.82) is 0 Å². The molecule has 0 aliphatic carbocycles. The lowest BCUT2D eigenvalue weighted by molar-refractivity contribution is -0.159. The Kier molecular flexibility index (Phi) is 5.88. The predicted octanol–water partition coefficient (Wildman–Crippen LogP) is 2.53. The third-order valence-electron chi connectivity index (χ3n) is 8.81. The zero-order valence-corrected chi connectivity index (χ0v) is 23.2. The summed E-state index contributed by atoms with van der Waals surface area (Å²) in [5.41, 5.74) is 2.61. The number of carbonyl (C=O) groups excluding carboxylic acids is 6. The molecule has 3 saturated heterocycles. The Morgan fingerprint density at radius 1 is 0.902 bits per heavy atom. The number of amides is 8. The molecule has 6 rings (SSSR count). The summed E-state index contributed by atoms with van der Waals surface area (Å²) in [6, 6.07) is 8.66. The average Bonchev–Trinajstić information content (AvgIpc) is 3.44. The Morgan fingerprint density at radius 3 is 2.29 bits per heavy atom. The van der Waals surface area contributed by atoms with Crippen LogP contribution in [0.2, 0.25) is 0 Å². The zero-order valence-electron chi connectivity index (χ0n) is 23.2. The molecule has 4 aliphatic rings. The molecule has 3 fully saturated rings. The number of urea groups is 2. The molecule has 41 heavy (non-hydrogen) atoms. The Labute approximate surface area is 236 Å². The summed E-state index contributed by atoms with van der Waals surface area (Å²) in [5.74, 6) is -2.62. The van der Waals surface area contributed by atoms with Gasteiger partial charge in [-0.05, 0) is 85.7 Å². The van der Waals surface area contributed by atoms with Gasteiger partial charge in [0, 0.05) is 26.3 Å². The van der Waals surface area contributed by atoms with Gasteiger partial charge in [-0.3, -0.25) is 34.3 Å². The number of rotatable bonds is 2. The molecule has 8 amide bonds. The summed E-state index contributed by atoms with van der Waals surface area (Å²) in [7, 11) is 2.78. The molecular formula is C30H29N5O6. The first-order valence-corrected chi connectivity index (χ1v) is 13.4. The van der Waals surface area contributed by atoms with E-state index in [0.29, 0.717) is 29.8 Å². The van der Waals surface area contributed by atoms with Crippen molar-refractivity contribution < 1.29 is 28.8 Å². The monoisotopic (exact) mass is 555 g/mol. The lowest BCUT2D eigenvalue weighted by Gasteiger charge is -2.50. The van der Waals surface area contributed by atoms with E-state index in [1.807, 2.05) is 19.9 Å². The number of barbiturate groups is 2. The molecule has 0 bridgehead atoms. The van der Waals surface area contributed by atoms with Gasteiger partial charge < -0.3 is 4.90 Å². The molecule has 4 aliphatic heterocycles. The standard InChI is InChI=1S/C30H29N5O6/c1-16-7-9-20(12-17(16)2)35-25(37)21(24(36)31-28(35)40)14-18-8-10-22-19(13-18)15-30(23-6-5-11-34(22)23)26(38)32(3)29(41)33(4)27(30)39/h7-10,12-14,23H,5-6,11,15H2,1-4H3,(H,31,36,40)/b21-14+/t23-/m0/s1. The van der Waals surface area contributed by atoms with Crippen LogP contribution in [0, 0.1) is 19.3 Å². The summed E-state index contributed by atoms with van der Waals surface area (Å²) >= 11 is 0. The number of imide groups is 4. The Morgan fingerprint density at radius 2 is 1.61 bits per heavy atom. The lowest BCUT2D eigenvalue weighted by atomic mass is 9.68. The topological polar surface area (TPSA) is 127 Å². The molecule has 2 aromatic carbocycles. The lowest BCUT2D eigenvalue weighted by Crippen LogP contribution is -2.70. The van der Waals surface area contributed by atoms with Crippen LogP contribution in [0.3, 0.4) is 0 Å². The van der Waals surface area contributed by atoms with E-state index in [-0.39, 0.29) is 18.0 Å². The summed E-state index contributed by atoms with van der Waals surface area (Å²) in [6.45, 7) is 4.43. The van der Waals surface area contributed by atoms with Crippen molar-refractivity contribution in [2.75, 3.05) is 30.4 Å². The van der Waals surface area contributed by atoms with E-state index in [9.17, 15) is 28.8 Å². The second-order valence-electron chi connectivity index (χ2n) is 11.1. The van der Waals surface area contributed by atoms with Crippen molar-refractivity contribution in [2.45, 2.75) is 39.2 Å². The molecule has 0 unspecified atom stereocenters. The molecule has 0 aromatic heterocycles. The summed E-state index contributed by atoms with van der Waals surface area (Å²) in [6.07, 6.45) is 2.91. The minimum absolute atomic E-state index is 0.0769. The van der Waals surface area contributed by atoms with Gasteiger partial charge in [-0.2, -0.15) is 0 Å². The predicted molar refractivity (Wildman–Crippen MR) is 149 cm³/mol. The van der Waals surface area contributed by atoms with E-state index >= 15 is 0 Å². The van der Waals surface area contributed by atoms with Gasteiger partial charge >= 0.3 is 12.1 Å². The average molecular weight is 556 g/mol. The van der Waals surface area contributed by atoms with Crippen LogP contribution in [0.1, 0.15) is 35.1 Å². The highest BCUT2D eigenvalue weighted by molar-refractivity contribution is 6.39. The number of anilines is 2. The molecule has 0 radical (unpaired) electrons. The third kappa shape index (κ3) is 3.71. The molecule has 2 aromatic rings. The fourth-order valence-electron chi connectivity index (χ4n) is 6.55. The number of fused-ring (bicyclic) bond motifs is 4. The summed E-state index contributed by atoms with van der Waals surface area (Å²) < 4.78 is 0. The molecule has 4 heterocycles. The second-order valence-corrected chi connectivity index (χ2v) is 11.1. The number of carbonyl (C=O) groups is 6. The van der Waals surface area contributed by atoms with Gasteiger partial charge in [0.15, 0.2) is 5.41 Å². The van der Waals surface area contributed by atoms with Crippen molar-refractivity contribution in [2.24, 2.45) is 5.41 Å². The van der Waals surface area contributed by atoms with Gasteiger partial charge in [-0.1, -0.05) is 12.1 Å². The van der Waals surface area contributed by atoms with E-state index in [4.69, 9.17) is 0 Å². The first-order chi connectivity index (χ1) is 19.5. The molecule has 0 saturated carbocycles. The second kappa shape index (κ2) is 9.12. The Bertz CT molecular complexity index is 1600.